The Morgan fingerprint density at radius 3 is 2.59 bits per heavy atom. The van der Waals surface area contributed by atoms with E-state index in [4.69, 9.17) is 9.15 Å². The fourth-order valence-electron chi connectivity index (χ4n) is 4.48. The molecule has 0 N–H and O–H groups in total. The molecule has 29 heavy (non-hydrogen) atoms. The van der Waals surface area contributed by atoms with Gasteiger partial charge in [0.05, 0.1) is 24.3 Å². The molecule has 2 aliphatic heterocycles. The summed E-state index contributed by atoms with van der Waals surface area (Å²) in [6.07, 6.45) is 3.17. The van der Waals surface area contributed by atoms with E-state index in [9.17, 15) is 4.79 Å². The van der Waals surface area contributed by atoms with Crippen LogP contribution in [0.5, 0.6) is 0 Å². The summed E-state index contributed by atoms with van der Waals surface area (Å²) in [5, 5.41) is 2.81. The average Bonchev–Trinajstić information content (AvgIpc) is 3.30. The highest BCUT2D eigenvalue weighted by molar-refractivity contribution is 7.13. The quantitative estimate of drug-likeness (QED) is 0.744. The van der Waals surface area contributed by atoms with Gasteiger partial charge in [0.1, 0.15) is 5.76 Å². The molecule has 2 aromatic heterocycles. The van der Waals surface area contributed by atoms with Crippen molar-refractivity contribution in [3.8, 4) is 10.8 Å². The lowest BCUT2D eigenvalue weighted by atomic mass is 9.95. The third-order valence-electron chi connectivity index (χ3n) is 5.81. The van der Waals surface area contributed by atoms with Crippen LogP contribution in [0.1, 0.15) is 38.1 Å². The molecule has 2 saturated heterocycles. The summed E-state index contributed by atoms with van der Waals surface area (Å²) in [5.74, 6) is 2.50. The number of thiazole rings is 1. The number of piperidine rings is 1. The van der Waals surface area contributed by atoms with Crippen molar-refractivity contribution >= 4 is 17.2 Å². The Labute approximate surface area is 176 Å². The number of furan rings is 1. The van der Waals surface area contributed by atoms with Crippen LogP contribution in [0.25, 0.3) is 10.8 Å². The van der Waals surface area contributed by atoms with Crippen LogP contribution in [0, 0.1) is 12.8 Å². The van der Waals surface area contributed by atoms with E-state index in [-0.39, 0.29) is 5.91 Å². The van der Waals surface area contributed by atoms with Crippen LogP contribution in [-0.4, -0.2) is 65.6 Å². The topological polar surface area (TPSA) is 58.8 Å². The normalized spacial score (nSPS) is 24.2. The molecule has 0 aromatic carbocycles. The number of hydrogen-bond donors (Lipinski definition) is 0. The molecule has 2 aliphatic rings. The number of carbonyl (C=O) groups is 1. The zero-order chi connectivity index (χ0) is 20.4. The van der Waals surface area contributed by atoms with E-state index in [0.717, 1.165) is 67.8 Å². The Hall–Kier alpha value is -1.70. The third kappa shape index (κ3) is 5.27. The molecule has 158 valence electrons. The molecular formula is C22H31N3O3S. The zero-order valence-corrected chi connectivity index (χ0v) is 18.4. The van der Waals surface area contributed by atoms with Crippen molar-refractivity contribution in [2.24, 2.45) is 5.92 Å². The number of morpholine rings is 1. The van der Waals surface area contributed by atoms with Gasteiger partial charge in [-0.25, -0.2) is 4.98 Å². The molecule has 7 heteroatoms. The van der Waals surface area contributed by atoms with Gasteiger partial charge in [0.15, 0.2) is 10.8 Å². The monoisotopic (exact) mass is 417 g/mol. The molecule has 2 fully saturated rings. The van der Waals surface area contributed by atoms with E-state index in [1.54, 1.807) is 0 Å². The van der Waals surface area contributed by atoms with Crippen LogP contribution in [0.4, 0.5) is 0 Å². The number of amides is 1. The van der Waals surface area contributed by atoms with Crippen LogP contribution >= 0.6 is 11.3 Å². The number of rotatable bonds is 5. The molecule has 0 aliphatic carbocycles. The molecule has 0 radical (unpaired) electrons. The number of ether oxygens (including phenoxy) is 1. The highest BCUT2D eigenvalue weighted by Gasteiger charge is 2.28. The van der Waals surface area contributed by atoms with E-state index in [2.05, 4.69) is 23.7 Å². The fraction of sp³-hybridized carbons (Fsp3) is 0.636. The Kier molecular flexibility index (Phi) is 6.37. The number of likely N-dealkylation sites (tertiary alicyclic amines) is 1. The lowest BCUT2D eigenvalue weighted by molar-refractivity contribution is -0.132. The zero-order valence-electron chi connectivity index (χ0n) is 17.6. The van der Waals surface area contributed by atoms with Gasteiger partial charge in [-0.15, -0.1) is 11.3 Å². The number of carbonyl (C=O) groups excluding carboxylic acids is 1. The van der Waals surface area contributed by atoms with Gasteiger partial charge in [-0.1, -0.05) is 0 Å². The number of hydrogen-bond acceptors (Lipinski definition) is 6. The first kappa shape index (κ1) is 20.6. The molecule has 2 aromatic rings. The van der Waals surface area contributed by atoms with Crippen molar-refractivity contribution in [3.05, 3.63) is 29.0 Å². The predicted octanol–water partition coefficient (Wildman–Crippen LogP) is 3.60. The van der Waals surface area contributed by atoms with E-state index >= 15 is 0 Å². The van der Waals surface area contributed by atoms with Gasteiger partial charge < -0.3 is 14.1 Å². The molecular weight excluding hydrogens is 386 g/mol. The highest BCUT2D eigenvalue weighted by Crippen LogP contribution is 2.26. The van der Waals surface area contributed by atoms with Crippen LogP contribution < -0.4 is 0 Å². The first-order chi connectivity index (χ1) is 14.0. The molecule has 0 spiro atoms. The molecule has 2 atom stereocenters. The van der Waals surface area contributed by atoms with Crippen LogP contribution in [0.3, 0.4) is 0 Å². The molecule has 0 saturated carbocycles. The van der Waals surface area contributed by atoms with Gasteiger partial charge in [0, 0.05) is 38.1 Å². The summed E-state index contributed by atoms with van der Waals surface area (Å²) in [4.78, 5) is 21.9. The second-order valence-corrected chi connectivity index (χ2v) is 9.39. The minimum absolute atomic E-state index is 0.185. The second-order valence-electron chi connectivity index (χ2n) is 8.53. The van der Waals surface area contributed by atoms with Crippen LogP contribution in [0.2, 0.25) is 0 Å². The maximum atomic E-state index is 12.7. The lowest BCUT2D eigenvalue weighted by Gasteiger charge is -2.39. The maximum Gasteiger partial charge on any atom is 0.228 e. The van der Waals surface area contributed by atoms with Crippen LogP contribution in [0.15, 0.2) is 21.9 Å². The average molecular weight is 418 g/mol. The molecule has 4 heterocycles. The Balaban J connectivity index is 1.24. The van der Waals surface area contributed by atoms with E-state index < -0.39 is 0 Å². The molecule has 0 bridgehead atoms. The van der Waals surface area contributed by atoms with Gasteiger partial charge in [-0.05, 0) is 51.7 Å². The van der Waals surface area contributed by atoms with Crippen molar-refractivity contribution in [2.75, 3.05) is 32.7 Å². The molecule has 4 rings (SSSR count). The van der Waals surface area contributed by atoms with E-state index in [1.807, 2.05) is 29.3 Å². The molecule has 1 amide bonds. The van der Waals surface area contributed by atoms with E-state index in [1.165, 1.54) is 11.3 Å². The van der Waals surface area contributed by atoms with Gasteiger partial charge in [-0.3, -0.25) is 9.69 Å². The standard InChI is InChI=1S/C22H31N3O3S/c1-15-4-5-20(28-15)22-23-19(14-29-22)10-21(26)25-8-6-18(7-9-25)13-24-11-16(2)27-17(3)12-24/h4-5,14,16-18H,6-13H2,1-3H3. The van der Waals surface area contributed by atoms with Crippen molar-refractivity contribution in [2.45, 2.75) is 52.2 Å². The first-order valence-electron chi connectivity index (χ1n) is 10.6. The summed E-state index contributed by atoms with van der Waals surface area (Å²) >= 11 is 1.53. The maximum absolute atomic E-state index is 12.7. The number of aromatic nitrogens is 1. The summed E-state index contributed by atoms with van der Waals surface area (Å²) in [5.41, 5.74) is 0.836. The van der Waals surface area contributed by atoms with Crippen molar-refractivity contribution < 1.29 is 13.9 Å². The Bertz CT molecular complexity index is 815. The summed E-state index contributed by atoms with van der Waals surface area (Å²) in [6.45, 7) is 11.1. The van der Waals surface area contributed by atoms with Crippen LogP contribution in [-0.2, 0) is 16.0 Å². The van der Waals surface area contributed by atoms with E-state index in [0.29, 0.717) is 24.5 Å². The largest absolute Gasteiger partial charge is 0.459 e. The molecule has 2 unspecified atom stereocenters. The summed E-state index contributed by atoms with van der Waals surface area (Å²) in [6, 6.07) is 3.87. The Morgan fingerprint density at radius 1 is 1.21 bits per heavy atom. The minimum atomic E-state index is 0.185. The smallest absolute Gasteiger partial charge is 0.228 e. The van der Waals surface area contributed by atoms with Gasteiger partial charge in [-0.2, -0.15) is 0 Å². The summed E-state index contributed by atoms with van der Waals surface area (Å²) in [7, 11) is 0. The van der Waals surface area contributed by atoms with Gasteiger partial charge >= 0.3 is 0 Å². The second kappa shape index (κ2) is 8.98. The fourth-order valence-corrected chi connectivity index (χ4v) is 5.26. The number of aryl methyl sites for hydroxylation is 1. The SMILES string of the molecule is Cc1ccc(-c2nc(CC(=O)N3CCC(CN4CC(C)OC(C)C4)CC3)cs2)o1. The predicted molar refractivity (Wildman–Crippen MR) is 114 cm³/mol. The molecule has 6 nitrogen and oxygen atoms in total. The van der Waals surface area contributed by atoms with Crippen molar-refractivity contribution in [1.82, 2.24) is 14.8 Å². The van der Waals surface area contributed by atoms with Gasteiger partial charge in [0.25, 0.3) is 0 Å². The first-order valence-corrected chi connectivity index (χ1v) is 11.5. The van der Waals surface area contributed by atoms with Gasteiger partial charge in [0.2, 0.25) is 5.91 Å². The minimum Gasteiger partial charge on any atom is -0.459 e. The van der Waals surface area contributed by atoms with Crippen molar-refractivity contribution in [1.29, 1.82) is 0 Å². The lowest BCUT2D eigenvalue weighted by Crippen LogP contribution is -2.48. The summed E-state index contributed by atoms with van der Waals surface area (Å²) < 4.78 is 11.5. The highest BCUT2D eigenvalue weighted by atomic mass is 32.1. The third-order valence-corrected chi connectivity index (χ3v) is 6.72. The Morgan fingerprint density at radius 2 is 1.93 bits per heavy atom. The van der Waals surface area contributed by atoms with Crippen molar-refractivity contribution in [3.63, 3.8) is 0 Å². The number of nitrogens with zero attached hydrogens (tertiary/aromatic N) is 3.